The van der Waals surface area contributed by atoms with Crippen molar-refractivity contribution in [3.8, 4) is 5.75 Å². The number of halogens is 1. The van der Waals surface area contributed by atoms with E-state index in [1.54, 1.807) is 67.6 Å². The Kier molecular flexibility index (Phi) is 20.4. The Morgan fingerprint density at radius 1 is 0.727 bits per heavy atom. The average Bonchev–Trinajstić information content (AvgIpc) is 3.19. The van der Waals surface area contributed by atoms with Crippen LogP contribution in [0.4, 0.5) is 11.4 Å². The zero-order valence-electron chi connectivity index (χ0n) is 31.7. The Morgan fingerprint density at radius 3 is 1.96 bits per heavy atom. The van der Waals surface area contributed by atoms with Gasteiger partial charge in [-0.2, -0.15) is 0 Å². The highest BCUT2D eigenvalue weighted by Gasteiger charge is 2.08. The third-order valence-electron chi connectivity index (χ3n) is 7.50. The van der Waals surface area contributed by atoms with Crippen LogP contribution in [0.25, 0.3) is 0 Å². The molecule has 0 fully saturated rings. The summed E-state index contributed by atoms with van der Waals surface area (Å²) in [4.78, 5) is 33.7. The van der Waals surface area contributed by atoms with E-state index >= 15 is 0 Å². The van der Waals surface area contributed by atoms with Crippen molar-refractivity contribution >= 4 is 50.9 Å². The van der Waals surface area contributed by atoms with Crippen molar-refractivity contribution in [3.63, 3.8) is 0 Å². The Bertz CT molecular complexity index is 1800. The molecule has 2 amide bonds. The number of nitrogens with zero attached hydrogens (tertiary/aromatic N) is 2. The summed E-state index contributed by atoms with van der Waals surface area (Å²) in [7, 11) is 0. The smallest absolute Gasteiger partial charge is 0.251 e. The molecule has 4 aromatic carbocycles. The maximum absolute atomic E-state index is 12.6. The Labute approximate surface area is 332 Å². The van der Waals surface area contributed by atoms with Gasteiger partial charge in [0.1, 0.15) is 17.4 Å². The van der Waals surface area contributed by atoms with Crippen molar-refractivity contribution in [2.24, 2.45) is 9.98 Å². The van der Waals surface area contributed by atoms with E-state index in [9.17, 15) is 14.7 Å². The van der Waals surface area contributed by atoms with Gasteiger partial charge in [0.2, 0.25) is 5.96 Å². The lowest BCUT2D eigenvalue weighted by atomic mass is 10.1. The van der Waals surface area contributed by atoms with Gasteiger partial charge in [-0.15, -0.1) is 0 Å². The highest BCUT2D eigenvalue weighted by molar-refractivity contribution is 9.10. The van der Waals surface area contributed by atoms with Gasteiger partial charge in [0.25, 0.3) is 11.8 Å². The second-order valence-electron chi connectivity index (χ2n) is 12.0. The van der Waals surface area contributed by atoms with Gasteiger partial charge in [0.05, 0.1) is 33.0 Å². The molecule has 0 atom stereocenters. The molecule has 0 heterocycles. The third kappa shape index (κ3) is 18.4. The molecule has 0 aliphatic carbocycles. The second-order valence-corrected chi connectivity index (χ2v) is 12.9. The van der Waals surface area contributed by atoms with Crippen LogP contribution >= 0.6 is 15.9 Å². The number of ether oxygens (including phenoxy) is 2. The summed E-state index contributed by atoms with van der Waals surface area (Å²) in [6.07, 6.45) is 2.64. The molecule has 6 N–H and O–H groups in total. The number of aromatic hydroxyl groups is 1. The SMILES string of the molecule is C=C(NC(=NC(C)=NCCOCCOCCNC(=O)c1ccccc1)Nc1ccc(O)cc1)Nc1ccc(C(=O)NCc2ccc(Br)cc2)cc1.CCCC. The first-order chi connectivity index (χ1) is 26.7. The van der Waals surface area contributed by atoms with Gasteiger partial charge < -0.3 is 41.2 Å². The zero-order valence-corrected chi connectivity index (χ0v) is 33.3. The number of guanidine groups is 1. The van der Waals surface area contributed by atoms with E-state index in [0.29, 0.717) is 86.2 Å². The third-order valence-corrected chi connectivity index (χ3v) is 8.03. The second kappa shape index (κ2) is 25.5. The van der Waals surface area contributed by atoms with Crippen LogP contribution in [0, 0.1) is 0 Å². The lowest BCUT2D eigenvalue weighted by molar-refractivity contribution is 0.0512. The Morgan fingerprint density at radius 2 is 1.31 bits per heavy atom. The number of phenolic OH excluding ortho intramolecular Hbond substituents is 1. The van der Waals surface area contributed by atoms with Gasteiger partial charge in [-0.1, -0.05) is 79.5 Å². The van der Waals surface area contributed by atoms with Crippen LogP contribution in [0.5, 0.6) is 5.75 Å². The summed E-state index contributed by atoms with van der Waals surface area (Å²) in [5, 5.41) is 24.9. The van der Waals surface area contributed by atoms with Crippen molar-refractivity contribution in [2.45, 2.75) is 40.2 Å². The summed E-state index contributed by atoms with van der Waals surface area (Å²) >= 11 is 3.41. The minimum atomic E-state index is -0.177. The maximum Gasteiger partial charge on any atom is 0.251 e. The van der Waals surface area contributed by atoms with Crippen LogP contribution in [0.1, 0.15) is 59.9 Å². The van der Waals surface area contributed by atoms with Gasteiger partial charge in [0, 0.05) is 40.1 Å². The summed E-state index contributed by atoms with van der Waals surface area (Å²) in [6, 6.07) is 30.4. The van der Waals surface area contributed by atoms with Crippen molar-refractivity contribution in [1.82, 2.24) is 16.0 Å². The molecule has 0 aromatic heterocycles. The molecular weight excluding hydrogens is 762 g/mol. The van der Waals surface area contributed by atoms with Crippen molar-refractivity contribution in [2.75, 3.05) is 50.2 Å². The number of hydrogen-bond donors (Lipinski definition) is 6. The number of amides is 2. The van der Waals surface area contributed by atoms with Crippen LogP contribution in [0.15, 0.2) is 130 Å². The van der Waals surface area contributed by atoms with Crippen LogP contribution < -0.4 is 26.6 Å². The minimum Gasteiger partial charge on any atom is -0.508 e. The van der Waals surface area contributed by atoms with Gasteiger partial charge >= 0.3 is 0 Å². The molecule has 0 aliphatic heterocycles. The maximum atomic E-state index is 12.6. The number of nitrogens with one attached hydrogen (secondary N) is 5. The van der Waals surface area contributed by atoms with Crippen molar-refractivity contribution in [3.05, 3.63) is 137 Å². The quantitative estimate of drug-likeness (QED) is 0.0258. The van der Waals surface area contributed by atoms with E-state index in [0.717, 1.165) is 10.0 Å². The van der Waals surface area contributed by atoms with Crippen LogP contribution in [0.2, 0.25) is 0 Å². The number of unbranched alkanes of at least 4 members (excludes halogenated alkanes) is 1. The molecule has 0 unspecified atom stereocenters. The number of anilines is 2. The molecule has 0 bridgehead atoms. The summed E-state index contributed by atoms with van der Waals surface area (Å²) in [6.45, 7) is 13.0. The van der Waals surface area contributed by atoms with E-state index in [1.807, 2.05) is 42.5 Å². The fourth-order valence-corrected chi connectivity index (χ4v) is 4.69. The Balaban J connectivity index is 0.00000193. The molecule has 0 saturated carbocycles. The van der Waals surface area contributed by atoms with E-state index < -0.39 is 0 Å². The number of benzene rings is 4. The number of phenols is 1. The van der Waals surface area contributed by atoms with Gasteiger partial charge in [-0.3, -0.25) is 14.6 Å². The molecule has 0 spiro atoms. The number of amidine groups is 1. The molecule has 0 saturated heterocycles. The molecule has 292 valence electrons. The largest absolute Gasteiger partial charge is 0.508 e. The molecule has 0 aliphatic rings. The average molecular weight is 815 g/mol. The highest BCUT2D eigenvalue weighted by atomic mass is 79.9. The van der Waals surface area contributed by atoms with Gasteiger partial charge in [0.15, 0.2) is 0 Å². The fraction of sp³-hybridized carbons (Fsp3) is 0.286. The first kappa shape index (κ1) is 43.9. The number of carbonyl (C=O) groups is 2. The fourth-order valence-electron chi connectivity index (χ4n) is 4.43. The normalized spacial score (nSPS) is 11.1. The van der Waals surface area contributed by atoms with Crippen molar-refractivity contribution < 1.29 is 24.2 Å². The minimum absolute atomic E-state index is 0.134. The predicted molar refractivity (Wildman–Crippen MR) is 226 cm³/mol. The number of hydrogen-bond acceptors (Lipinski definition) is 7. The standard InChI is InChI=1S/C38H42BrN7O5.C4H10/c1-27(40-20-22-50-24-25-51-23-21-41-36(48)30-6-4-3-5-7-30)44-38(46-34-16-18-35(47)19-17-34)45-28(2)43-33-14-10-31(11-15-33)37(49)42-26-29-8-12-32(39)13-9-29;1-3-4-2/h3-19,43,47H,2,20-26H2,1H3,(H,41,48)(H,42,49)(H2,40,44,45,46);3-4H2,1-2H3. The molecule has 13 heteroatoms. The monoisotopic (exact) mass is 813 g/mol. The predicted octanol–water partition coefficient (Wildman–Crippen LogP) is 7.71. The Hall–Kier alpha value is -5.50. The van der Waals surface area contributed by atoms with E-state index in [2.05, 4.69) is 72.9 Å². The summed E-state index contributed by atoms with van der Waals surface area (Å²) in [5.74, 6) is 1.08. The first-order valence-corrected chi connectivity index (χ1v) is 19.0. The summed E-state index contributed by atoms with van der Waals surface area (Å²) in [5.41, 5.74) is 3.53. The zero-order chi connectivity index (χ0) is 39.7. The van der Waals surface area contributed by atoms with E-state index in [-0.39, 0.29) is 17.6 Å². The van der Waals surface area contributed by atoms with Crippen LogP contribution in [-0.4, -0.2) is 68.2 Å². The summed E-state index contributed by atoms with van der Waals surface area (Å²) < 4.78 is 12.1. The highest BCUT2D eigenvalue weighted by Crippen LogP contribution is 2.15. The van der Waals surface area contributed by atoms with E-state index in [4.69, 9.17) is 9.47 Å². The van der Waals surface area contributed by atoms with Crippen LogP contribution in [-0.2, 0) is 16.0 Å². The topological polar surface area (TPSA) is 158 Å². The van der Waals surface area contributed by atoms with Gasteiger partial charge in [-0.25, -0.2) is 4.99 Å². The van der Waals surface area contributed by atoms with Crippen molar-refractivity contribution in [1.29, 1.82) is 0 Å². The lowest BCUT2D eigenvalue weighted by Gasteiger charge is -2.16. The molecule has 55 heavy (non-hydrogen) atoms. The molecule has 4 aromatic rings. The lowest BCUT2D eigenvalue weighted by Crippen LogP contribution is -2.33. The number of rotatable bonds is 18. The number of carbonyl (C=O) groups excluding carboxylic acids is 2. The number of aliphatic imine (C=N–C) groups is 2. The molecule has 0 radical (unpaired) electrons. The molecular formula is C42H52BrN7O5. The van der Waals surface area contributed by atoms with Crippen LogP contribution in [0.3, 0.4) is 0 Å². The van der Waals surface area contributed by atoms with Gasteiger partial charge in [-0.05, 0) is 85.3 Å². The molecule has 4 rings (SSSR count). The first-order valence-electron chi connectivity index (χ1n) is 18.2. The molecule has 12 nitrogen and oxygen atoms in total. The van der Waals surface area contributed by atoms with E-state index in [1.165, 1.54) is 12.8 Å².